The standard InChI is InChI=1S/C18H11NO2/c20-17-12-6-2-3-7-13(12)18(21)16(17)15-10-9-11-5-1-4-8-14(11)19-15/h1-10,19H. The molecule has 0 amide bonds. The van der Waals surface area contributed by atoms with Gasteiger partial charge in [-0.1, -0.05) is 48.5 Å². The monoisotopic (exact) mass is 273 g/mol. The summed E-state index contributed by atoms with van der Waals surface area (Å²) < 4.78 is 0. The van der Waals surface area contributed by atoms with E-state index in [0.717, 1.165) is 11.3 Å². The molecule has 3 nitrogen and oxygen atoms in total. The Morgan fingerprint density at radius 1 is 0.714 bits per heavy atom. The van der Waals surface area contributed by atoms with Crippen molar-refractivity contribution >= 4 is 23.3 Å². The average Bonchev–Trinajstić information content (AvgIpc) is 2.79. The fourth-order valence-electron chi connectivity index (χ4n) is 2.76. The van der Waals surface area contributed by atoms with Crippen LogP contribution in [0.15, 0.2) is 65.9 Å². The zero-order chi connectivity index (χ0) is 14.4. The van der Waals surface area contributed by atoms with Gasteiger partial charge in [0, 0.05) is 16.8 Å². The lowest BCUT2D eigenvalue weighted by molar-refractivity contribution is 0.0987. The highest BCUT2D eigenvalue weighted by Crippen LogP contribution is 2.32. The molecule has 2 aromatic rings. The molecular weight excluding hydrogens is 262 g/mol. The Morgan fingerprint density at radius 2 is 1.33 bits per heavy atom. The van der Waals surface area contributed by atoms with Crippen LogP contribution in [0.4, 0.5) is 5.69 Å². The lowest BCUT2D eigenvalue weighted by Crippen LogP contribution is -2.12. The number of hydrogen-bond acceptors (Lipinski definition) is 3. The third-order valence-electron chi connectivity index (χ3n) is 3.80. The van der Waals surface area contributed by atoms with Crippen molar-refractivity contribution in [1.29, 1.82) is 0 Å². The van der Waals surface area contributed by atoms with Crippen molar-refractivity contribution in [2.45, 2.75) is 0 Å². The minimum Gasteiger partial charge on any atom is -0.354 e. The van der Waals surface area contributed by atoms with Gasteiger partial charge < -0.3 is 5.32 Å². The van der Waals surface area contributed by atoms with Crippen LogP contribution in [-0.4, -0.2) is 11.6 Å². The minimum atomic E-state index is -0.206. The van der Waals surface area contributed by atoms with Crippen LogP contribution in [0.25, 0.3) is 6.08 Å². The van der Waals surface area contributed by atoms with Crippen molar-refractivity contribution in [3.05, 3.63) is 82.6 Å². The van der Waals surface area contributed by atoms with Crippen molar-refractivity contribution in [2.75, 3.05) is 5.32 Å². The first-order valence-corrected chi connectivity index (χ1v) is 6.72. The summed E-state index contributed by atoms with van der Waals surface area (Å²) in [5.41, 5.74) is 3.70. The van der Waals surface area contributed by atoms with Gasteiger partial charge in [-0.25, -0.2) is 0 Å². The largest absolute Gasteiger partial charge is 0.354 e. The number of allylic oxidation sites excluding steroid dienone is 2. The Morgan fingerprint density at radius 3 is 2.05 bits per heavy atom. The molecule has 1 heterocycles. The van der Waals surface area contributed by atoms with Crippen molar-refractivity contribution in [1.82, 2.24) is 0 Å². The first-order valence-electron chi connectivity index (χ1n) is 6.72. The molecule has 2 aliphatic rings. The first-order chi connectivity index (χ1) is 10.3. The van der Waals surface area contributed by atoms with E-state index in [1.807, 2.05) is 30.3 Å². The number of Topliss-reactive ketones (excluding diaryl/α,β-unsaturated/α-hetero) is 2. The van der Waals surface area contributed by atoms with Crippen LogP contribution < -0.4 is 5.32 Å². The third-order valence-corrected chi connectivity index (χ3v) is 3.80. The number of carbonyl (C=O) groups excluding carboxylic acids is 2. The van der Waals surface area contributed by atoms with Crippen LogP contribution in [0.2, 0.25) is 0 Å². The van der Waals surface area contributed by atoms with Crippen molar-refractivity contribution in [2.24, 2.45) is 0 Å². The number of anilines is 1. The number of nitrogens with one attached hydrogen (secondary N) is 1. The van der Waals surface area contributed by atoms with Crippen LogP contribution in [0, 0.1) is 0 Å². The Kier molecular flexibility index (Phi) is 2.42. The Hall–Kier alpha value is -2.94. The summed E-state index contributed by atoms with van der Waals surface area (Å²) in [5, 5.41) is 3.19. The van der Waals surface area contributed by atoms with Crippen molar-refractivity contribution < 1.29 is 9.59 Å². The van der Waals surface area contributed by atoms with E-state index in [1.165, 1.54) is 0 Å². The summed E-state index contributed by atoms with van der Waals surface area (Å²) in [4.78, 5) is 24.9. The number of para-hydroxylation sites is 1. The molecule has 0 aromatic heterocycles. The molecule has 1 aliphatic carbocycles. The number of carbonyl (C=O) groups is 2. The average molecular weight is 273 g/mol. The highest BCUT2D eigenvalue weighted by Gasteiger charge is 2.35. The molecule has 0 fully saturated rings. The molecule has 2 aromatic carbocycles. The van der Waals surface area contributed by atoms with E-state index in [4.69, 9.17) is 0 Å². The van der Waals surface area contributed by atoms with Gasteiger partial charge in [-0.15, -0.1) is 0 Å². The van der Waals surface area contributed by atoms with Gasteiger partial charge in [0.25, 0.3) is 0 Å². The van der Waals surface area contributed by atoms with Gasteiger partial charge in [-0.2, -0.15) is 0 Å². The molecular formula is C18H11NO2. The predicted octanol–water partition coefficient (Wildman–Crippen LogP) is 3.46. The fraction of sp³-hybridized carbons (Fsp3) is 0. The van der Waals surface area contributed by atoms with E-state index >= 15 is 0 Å². The van der Waals surface area contributed by atoms with Gasteiger partial charge in [0.1, 0.15) is 0 Å². The normalized spacial score (nSPS) is 15.8. The Bertz CT molecular complexity index is 822. The molecule has 100 valence electrons. The zero-order valence-corrected chi connectivity index (χ0v) is 11.1. The fourth-order valence-corrected chi connectivity index (χ4v) is 2.76. The SMILES string of the molecule is O=C1C(=C2C=Cc3ccccc3N2)C(=O)c2ccccc21. The number of benzene rings is 2. The van der Waals surface area contributed by atoms with Gasteiger partial charge in [-0.05, 0) is 17.7 Å². The van der Waals surface area contributed by atoms with E-state index in [0.29, 0.717) is 16.8 Å². The van der Waals surface area contributed by atoms with E-state index in [1.54, 1.807) is 30.3 Å². The van der Waals surface area contributed by atoms with Gasteiger partial charge >= 0.3 is 0 Å². The Balaban J connectivity index is 1.86. The third kappa shape index (κ3) is 1.68. The van der Waals surface area contributed by atoms with Gasteiger partial charge in [-0.3, -0.25) is 9.59 Å². The lowest BCUT2D eigenvalue weighted by atomic mass is 10.0. The first kappa shape index (κ1) is 11.9. The molecule has 0 saturated carbocycles. The van der Waals surface area contributed by atoms with Crippen LogP contribution in [-0.2, 0) is 0 Å². The van der Waals surface area contributed by atoms with Crippen LogP contribution in [0.3, 0.4) is 0 Å². The maximum atomic E-state index is 12.5. The topological polar surface area (TPSA) is 46.2 Å². The smallest absolute Gasteiger partial charge is 0.199 e. The number of fused-ring (bicyclic) bond motifs is 2. The molecule has 0 atom stereocenters. The van der Waals surface area contributed by atoms with Gasteiger partial charge in [0.05, 0.1) is 11.3 Å². The predicted molar refractivity (Wildman–Crippen MR) is 81.2 cm³/mol. The van der Waals surface area contributed by atoms with E-state index < -0.39 is 0 Å². The maximum Gasteiger partial charge on any atom is 0.199 e. The molecule has 0 saturated heterocycles. The molecule has 21 heavy (non-hydrogen) atoms. The van der Waals surface area contributed by atoms with E-state index in [2.05, 4.69) is 5.32 Å². The molecule has 1 N–H and O–H groups in total. The second-order valence-electron chi connectivity index (χ2n) is 5.04. The minimum absolute atomic E-state index is 0.206. The Labute approximate surface area is 121 Å². The highest BCUT2D eigenvalue weighted by atomic mass is 16.2. The highest BCUT2D eigenvalue weighted by molar-refractivity contribution is 6.40. The van der Waals surface area contributed by atoms with Gasteiger partial charge in [0.2, 0.25) is 0 Å². The number of ketones is 2. The van der Waals surface area contributed by atoms with Crippen LogP contribution in [0.1, 0.15) is 26.3 Å². The molecule has 0 spiro atoms. The summed E-state index contributed by atoms with van der Waals surface area (Å²) in [7, 11) is 0. The number of hydrogen-bond donors (Lipinski definition) is 1. The maximum absolute atomic E-state index is 12.5. The second kappa shape index (κ2) is 4.28. The van der Waals surface area contributed by atoms with Crippen LogP contribution in [0.5, 0.6) is 0 Å². The molecule has 1 aliphatic heterocycles. The van der Waals surface area contributed by atoms with Crippen molar-refractivity contribution in [3.63, 3.8) is 0 Å². The molecule has 0 unspecified atom stereocenters. The number of rotatable bonds is 0. The summed E-state index contributed by atoms with van der Waals surface area (Å²) in [6.07, 6.45) is 3.71. The molecule has 0 radical (unpaired) electrons. The molecule has 3 heteroatoms. The molecule has 4 rings (SSSR count). The molecule has 0 bridgehead atoms. The zero-order valence-electron chi connectivity index (χ0n) is 11.1. The second-order valence-corrected chi connectivity index (χ2v) is 5.04. The van der Waals surface area contributed by atoms with E-state index in [9.17, 15) is 9.59 Å². The summed E-state index contributed by atoms with van der Waals surface area (Å²) in [6.45, 7) is 0. The quantitative estimate of drug-likeness (QED) is 0.590. The van der Waals surface area contributed by atoms with Crippen molar-refractivity contribution in [3.8, 4) is 0 Å². The van der Waals surface area contributed by atoms with Gasteiger partial charge in [0.15, 0.2) is 11.6 Å². The van der Waals surface area contributed by atoms with E-state index in [-0.39, 0.29) is 17.1 Å². The summed E-state index contributed by atoms with van der Waals surface area (Å²) >= 11 is 0. The van der Waals surface area contributed by atoms with Crippen LogP contribution >= 0.6 is 0 Å². The lowest BCUT2D eigenvalue weighted by Gasteiger charge is -2.16. The summed E-state index contributed by atoms with van der Waals surface area (Å²) in [5.74, 6) is -0.413. The summed E-state index contributed by atoms with van der Waals surface area (Å²) in [6, 6.07) is 14.7.